The smallest absolute Gasteiger partial charge is 0.231 e. The lowest BCUT2D eigenvalue weighted by Gasteiger charge is -2.29. The summed E-state index contributed by atoms with van der Waals surface area (Å²) in [6.07, 6.45) is 5.45. The maximum Gasteiger partial charge on any atom is 0.231 e. The fourth-order valence-corrected chi connectivity index (χ4v) is 5.44. The van der Waals surface area contributed by atoms with E-state index in [0.29, 0.717) is 12.8 Å². The minimum absolute atomic E-state index is 0.303. The molecule has 184 valence electrons. The molecule has 0 spiro atoms. The number of hydrogen-bond donors (Lipinski definition) is 1. The van der Waals surface area contributed by atoms with Gasteiger partial charge < -0.3 is 14.5 Å². The van der Waals surface area contributed by atoms with Crippen LogP contribution in [0, 0.1) is 0 Å². The first-order chi connectivity index (χ1) is 17.8. The molecule has 3 aromatic carbocycles. The van der Waals surface area contributed by atoms with Gasteiger partial charge in [0.15, 0.2) is 11.5 Å². The number of ether oxygens (including phenoxy) is 2. The number of rotatable bonds is 9. The minimum atomic E-state index is 0.303. The summed E-state index contributed by atoms with van der Waals surface area (Å²) >= 11 is 0. The van der Waals surface area contributed by atoms with E-state index in [1.807, 2.05) is 6.07 Å². The summed E-state index contributed by atoms with van der Waals surface area (Å²) in [7, 11) is 0. The number of aromatic nitrogens is 2. The fourth-order valence-electron chi connectivity index (χ4n) is 5.44. The molecule has 0 amide bonds. The van der Waals surface area contributed by atoms with Crippen LogP contribution in [0.25, 0.3) is 11.4 Å². The van der Waals surface area contributed by atoms with E-state index in [1.165, 1.54) is 28.1 Å². The first-order valence-electron chi connectivity index (χ1n) is 13.1. The van der Waals surface area contributed by atoms with Crippen molar-refractivity contribution in [3.8, 4) is 22.9 Å². The van der Waals surface area contributed by atoms with Crippen molar-refractivity contribution >= 4 is 0 Å². The van der Waals surface area contributed by atoms with Gasteiger partial charge in [0.2, 0.25) is 6.79 Å². The van der Waals surface area contributed by atoms with Crippen molar-refractivity contribution in [1.29, 1.82) is 0 Å². The summed E-state index contributed by atoms with van der Waals surface area (Å²) in [6, 6.07) is 26.1. The minimum Gasteiger partial charge on any atom is -0.454 e. The van der Waals surface area contributed by atoms with E-state index in [2.05, 4.69) is 83.5 Å². The Morgan fingerprint density at radius 3 is 2.42 bits per heavy atom. The summed E-state index contributed by atoms with van der Waals surface area (Å²) in [5.74, 6) is 2.65. The number of unbranched alkanes of at least 4 members (excludes halogenated alkanes) is 1. The molecule has 36 heavy (non-hydrogen) atoms. The van der Waals surface area contributed by atoms with Crippen molar-refractivity contribution in [2.24, 2.45) is 0 Å². The third-order valence-corrected chi connectivity index (χ3v) is 7.41. The quantitative estimate of drug-likeness (QED) is 0.305. The Morgan fingerprint density at radius 1 is 0.889 bits per heavy atom. The first-order valence-corrected chi connectivity index (χ1v) is 13.1. The van der Waals surface area contributed by atoms with E-state index in [4.69, 9.17) is 14.5 Å². The van der Waals surface area contributed by atoms with E-state index in [0.717, 1.165) is 68.1 Å². The van der Waals surface area contributed by atoms with Crippen LogP contribution in [0.3, 0.4) is 0 Å². The maximum atomic E-state index is 5.67. The molecule has 1 N–H and O–H groups in total. The van der Waals surface area contributed by atoms with Crippen molar-refractivity contribution in [3.63, 3.8) is 0 Å². The molecule has 1 aromatic heterocycles. The van der Waals surface area contributed by atoms with Gasteiger partial charge in [0.05, 0.1) is 11.4 Å². The van der Waals surface area contributed by atoms with Gasteiger partial charge >= 0.3 is 0 Å². The molecule has 0 saturated carbocycles. The Hall–Kier alpha value is -3.57. The molecule has 2 heterocycles. The highest BCUT2D eigenvalue weighted by Gasteiger charge is 2.28. The number of benzene rings is 3. The summed E-state index contributed by atoms with van der Waals surface area (Å²) in [5.41, 5.74) is 7.75. The molecule has 0 unspecified atom stereocenters. The molecule has 5 nitrogen and oxygen atoms in total. The third-order valence-electron chi connectivity index (χ3n) is 7.41. The average molecular weight is 480 g/mol. The van der Waals surface area contributed by atoms with E-state index in [1.54, 1.807) is 0 Å². The maximum absolute atomic E-state index is 5.67. The van der Waals surface area contributed by atoms with Crippen molar-refractivity contribution < 1.29 is 9.47 Å². The Kier molecular flexibility index (Phi) is 6.48. The van der Waals surface area contributed by atoms with Gasteiger partial charge in [0.1, 0.15) is 5.82 Å². The highest BCUT2D eigenvalue weighted by molar-refractivity contribution is 5.55. The predicted molar refractivity (Wildman–Crippen MR) is 142 cm³/mol. The number of nitrogens with one attached hydrogen (secondary N) is 1. The zero-order valence-corrected chi connectivity index (χ0v) is 20.9. The van der Waals surface area contributed by atoms with Crippen molar-refractivity contribution in [2.75, 3.05) is 6.79 Å². The molecule has 0 fully saturated rings. The van der Waals surface area contributed by atoms with Crippen LogP contribution < -0.4 is 9.47 Å². The topological polar surface area (TPSA) is 50.4 Å². The van der Waals surface area contributed by atoms with Crippen LogP contribution in [0.15, 0.2) is 72.8 Å². The van der Waals surface area contributed by atoms with Crippen LogP contribution in [0.5, 0.6) is 11.5 Å². The van der Waals surface area contributed by atoms with E-state index in [-0.39, 0.29) is 0 Å². The molecule has 5 heteroatoms. The Balaban J connectivity index is 1.31. The number of aryl methyl sites for hydroxylation is 1. The van der Waals surface area contributed by atoms with Gasteiger partial charge in [-0.15, -0.1) is 0 Å². The van der Waals surface area contributed by atoms with Crippen LogP contribution >= 0.6 is 0 Å². The zero-order valence-electron chi connectivity index (χ0n) is 20.9. The summed E-state index contributed by atoms with van der Waals surface area (Å²) in [6.45, 7) is 4.23. The second-order valence-electron chi connectivity index (χ2n) is 9.90. The van der Waals surface area contributed by atoms with Gasteiger partial charge in [-0.25, -0.2) is 4.98 Å². The van der Waals surface area contributed by atoms with Gasteiger partial charge in [0, 0.05) is 24.7 Å². The number of H-pyrrole nitrogens is 1. The van der Waals surface area contributed by atoms with E-state index in [9.17, 15) is 0 Å². The monoisotopic (exact) mass is 479 g/mol. The average Bonchev–Trinajstić information content (AvgIpc) is 3.65. The summed E-state index contributed by atoms with van der Waals surface area (Å²) in [5, 5.41) is 0. The SMILES string of the molecule is CCCCc1nc(-c2ccccc2)[nH]c1CN(Cc1ccc2c(c1)OCO2)C1Cc2ccccc2C1. The van der Waals surface area contributed by atoms with Gasteiger partial charge in [-0.2, -0.15) is 0 Å². The standard InChI is InChI=1S/C31H33N3O2/c1-2-3-13-27-28(33-31(32-27)23-9-5-4-6-10-23)20-34(26-17-24-11-7-8-12-25(24)18-26)19-22-14-15-29-30(16-22)36-21-35-29/h4-12,14-16,26H,2-3,13,17-21H2,1H3,(H,32,33). The van der Waals surface area contributed by atoms with Gasteiger partial charge in [-0.3, -0.25) is 4.90 Å². The molecular formula is C31H33N3O2. The molecule has 0 bridgehead atoms. The highest BCUT2D eigenvalue weighted by Crippen LogP contribution is 2.34. The Labute approximate surface area is 213 Å². The van der Waals surface area contributed by atoms with E-state index >= 15 is 0 Å². The first kappa shape index (κ1) is 22.9. The van der Waals surface area contributed by atoms with Crippen LogP contribution in [0.1, 0.15) is 47.8 Å². The van der Waals surface area contributed by atoms with Crippen LogP contribution in [-0.4, -0.2) is 27.7 Å². The number of nitrogens with zero attached hydrogens (tertiary/aromatic N) is 2. The molecule has 0 radical (unpaired) electrons. The number of aromatic amines is 1. The zero-order chi connectivity index (χ0) is 24.3. The van der Waals surface area contributed by atoms with Crippen molar-refractivity contribution in [2.45, 2.75) is 58.2 Å². The van der Waals surface area contributed by atoms with Gasteiger partial charge in [0.25, 0.3) is 0 Å². The van der Waals surface area contributed by atoms with Crippen molar-refractivity contribution in [3.05, 3.63) is 101 Å². The van der Waals surface area contributed by atoms with Crippen molar-refractivity contribution in [1.82, 2.24) is 14.9 Å². The van der Waals surface area contributed by atoms with E-state index < -0.39 is 0 Å². The number of imidazole rings is 1. The molecule has 6 rings (SSSR count). The lowest BCUT2D eigenvalue weighted by atomic mass is 10.1. The largest absolute Gasteiger partial charge is 0.454 e. The predicted octanol–water partition coefficient (Wildman–Crippen LogP) is 6.32. The third kappa shape index (κ3) is 4.76. The van der Waals surface area contributed by atoms with Crippen LogP contribution in [0.4, 0.5) is 0 Å². The second kappa shape index (κ2) is 10.2. The second-order valence-corrected chi connectivity index (χ2v) is 9.90. The lowest BCUT2D eigenvalue weighted by Crippen LogP contribution is -2.35. The Bertz CT molecular complexity index is 1310. The fraction of sp³-hybridized carbons (Fsp3) is 0.323. The van der Waals surface area contributed by atoms with Crippen LogP contribution in [0.2, 0.25) is 0 Å². The Morgan fingerprint density at radius 2 is 1.64 bits per heavy atom. The molecule has 2 aliphatic rings. The summed E-state index contributed by atoms with van der Waals surface area (Å²) in [4.78, 5) is 11.4. The summed E-state index contributed by atoms with van der Waals surface area (Å²) < 4.78 is 11.2. The number of fused-ring (bicyclic) bond motifs is 2. The normalized spacial score (nSPS) is 14.5. The molecule has 0 saturated heterocycles. The molecule has 1 aliphatic carbocycles. The molecule has 4 aromatic rings. The van der Waals surface area contributed by atoms with Gasteiger partial charge in [-0.05, 0) is 54.5 Å². The van der Waals surface area contributed by atoms with Crippen LogP contribution in [-0.2, 0) is 32.4 Å². The molecular weight excluding hydrogens is 446 g/mol. The number of hydrogen-bond acceptors (Lipinski definition) is 4. The molecule has 1 aliphatic heterocycles. The van der Waals surface area contributed by atoms with Gasteiger partial charge in [-0.1, -0.05) is 74.0 Å². The highest BCUT2D eigenvalue weighted by atomic mass is 16.7. The lowest BCUT2D eigenvalue weighted by molar-refractivity contribution is 0.173. The molecule has 0 atom stereocenters.